The predicted molar refractivity (Wildman–Crippen MR) is 61.1 cm³/mol. The van der Waals surface area contributed by atoms with Gasteiger partial charge >= 0.3 is 0 Å². The average Bonchev–Trinajstić information content (AvgIpc) is 2.80. The Morgan fingerprint density at radius 2 is 2.19 bits per heavy atom. The fourth-order valence-corrected chi connectivity index (χ4v) is 1.84. The smallest absolute Gasteiger partial charge is 0.183 e. The molecule has 1 heterocycles. The average molecular weight is 217 g/mol. The Bertz CT molecular complexity index is 437. The maximum Gasteiger partial charge on any atom is 0.183 e. The number of aryl methyl sites for hydroxylation is 1. The Hall–Kier alpha value is -1.75. The first kappa shape index (κ1) is 10.8. The fraction of sp³-hybridized carbons (Fsp3) is 0.364. The molecule has 5 nitrogen and oxygen atoms in total. The Balaban J connectivity index is 2.37. The van der Waals surface area contributed by atoms with Crippen LogP contribution < -0.4 is 5.32 Å². The molecule has 0 saturated carbocycles. The zero-order valence-corrected chi connectivity index (χ0v) is 9.44. The molecule has 2 N–H and O–H groups in total. The first-order chi connectivity index (χ1) is 7.83. The molecule has 0 bridgehead atoms. The second-order valence-electron chi connectivity index (χ2n) is 3.74. The highest BCUT2D eigenvalue weighted by Crippen LogP contribution is 2.23. The third-order valence-corrected chi connectivity index (χ3v) is 2.65. The van der Waals surface area contributed by atoms with Crippen LogP contribution in [0.5, 0.6) is 0 Å². The largest absolute Gasteiger partial charge is 0.319 e. The van der Waals surface area contributed by atoms with Crippen molar-refractivity contribution in [2.24, 2.45) is 0 Å². The van der Waals surface area contributed by atoms with E-state index in [2.05, 4.69) is 45.0 Å². The number of tetrazole rings is 1. The molecule has 16 heavy (non-hydrogen) atoms. The first-order valence-electron chi connectivity index (χ1n) is 5.26. The van der Waals surface area contributed by atoms with E-state index in [4.69, 9.17) is 0 Å². The maximum absolute atomic E-state index is 4.07. The van der Waals surface area contributed by atoms with E-state index < -0.39 is 0 Å². The molecule has 0 fully saturated rings. The zero-order chi connectivity index (χ0) is 11.4. The van der Waals surface area contributed by atoms with Crippen LogP contribution in [-0.2, 0) is 0 Å². The van der Waals surface area contributed by atoms with Crippen molar-refractivity contribution in [2.75, 3.05) is 13.6 Å². The molecule has 0 aliphatic heterocycles. The summed E-state index contributed by atoms with van der Waals surface area (Å²) >= 11 is 0. The Morgan fingerprint density at radius 3 is 2.81 bits per heavy atom. The Kier molecular flexibility index (Phi) is 3.26. The van der Waals surface area contributed by atoms with E-state index in [9.17, 15) is 0 Å². The van der Waals surface area contributed by atoms with Crippen LogP contribution in [0.3, 0.4) is 0 Å². The van der Waals surface area contributed by atoms with Crippen molar-refractivity contribution in [1.82, 2.24) is 25.9 Å². The van der Waals surface area contributed by atoms with E-state index in [1.165, 1.54) is 11.1 Å². The summed E-state index contributed by atoms with van der Waals surface area (Å²) in [6.07, 6.45) is 0. The lowest BCUT2D eigenvalue weighted by molar-refractivity contribution is 0.669. The summed E-state index contributed by atoms with van der Waals surface area (Å²) in [6.45, 7) is 2.89. The third-order valence-electron chi connectivity index (χ3n) is 2.65. The van der Waals surface area contributed by atoms with Gasteiger partial charge in [0.25, 0.3) is 0 Å². The number of hydrogen-bond donors (Lipinski definition) is 2. The predicted octanol–water partition coefficient (Wildman–Crippen LogP) is 0.859. The van der Waals surface area contributed by atoms with Crippen molar-refractivity contribution >= 4 is 0 Å². The molecule has 2 rings (SSSR count). The molecule has 0 amide bonds. The van der Waals surface area contributed by atoms with Crippen molar-refractivity contribution in [2.45, 2.75) is 12.8 Å². The van der Waals surface area contributed by atoms with Crippen molar-refractivity contribution < 1.29 is 0 Å². The van der Waals surface area contributed by atoms with Crippen LogP contribution in [0.4, 0.5) is 0 Å². The van der Waals surface area contributed by atoms with E-state index in [1.807, 2.05) is 19.2 Å². The lowest BCUT2D eigenvalue weighted by Crippen LogP contribution is -2.20. The molecule has 0 aliphatic rings. The van der Waals surface area contributed by atoms with Gasteiger partial charge in [-0.2, -0.15) is 5.21 Å². The summed E-state index contributed by atoms with van der Waals surface area (Å²) in [5.74, 6) is 0.869. The summed E-state index contributed by atoms with van der Waals surface area (Å²) in [5, 5.41) is 17.4. The molecule has 0 aliphatic carbocycles. The number of nitrogens with zero attached hydrogens (tertiary/aromatic N) is 3. The van der Waals surface area contributed by atoms with Crippen LogP contribution in [0.15, 0.2) is 24.3 Å². The second kappa shape index (κ2) is 4.85. The highest BCUT2D eigenvalue weighted by molar-refractivity contribution is 5.33. The highest BCUT2D eigenvalue weighted by atomic mass is 15.5. The number of likely N-dealkylation sites (N-methyl/N-ethyl adjacent to an activating group) is 1. The maximum atomic E-state index is 4.07. The molecule has 0 spiro atoms. The summed E-state index contributed by atoms with van der Waals surface area (Å²) < 4.78 is 0. The zero-order valence-electron chi connectivity index (χ0n) is 9.44. The van der Waals surface area contributed by atoms with Gasteiger partial charge in [-0.3, -0.25) is 0 Å². The van der Waals surface area contributed by atoms with Crippen LogP contribution in [-0.4, -0.2) is 34.2 Å². The molecule has 1 aromatic carbocycles. The molecular formula is C11H15N5. The van der Waals surface area contributed by atoms with Crippen LogP contribution >= 0.6 is 0 Å². The minimum Gasteiger partial charge on any atom is -0.319 e. The molecule has 5 heteroatoms. The first-order valence-corrected chi connectivity index (χ1v) is 5.26. The third kappa shape index (κ3) is 2.09. The summed E-state index contributed by atoms with van der Waals surface area (Å²) in [4.78, 5) is 0. The van der Waals surface area contributed by atoms with Crippen LogP contribution in [0.25, 0.3) is 0 Å². The van der Waals surface area contributed by atoms with E-state index in [1.54, 1.807) is 0 Å². The Morgan fingerprint density at radius 1 is 1.38 bits per heavy atom. The van der Waals surface area contributed by atoms with Gasteiger partial charge in [-0.25, -0.2) is 0 Å². The molecule has 1 aromatic heterocycles. The van der Waals surface area contributed by atoms with Gasteiger partial charge in [0.15, 0.2) is 5.82 Å². The summed E-state index contributed by atoms with van der Waals surface area (Å²) in [7, 11) is 1.92. The van der Waals surface area contributed by atoms with Gasteiger partial charge in [0.1, 0.15) is 0 Å². The second-order valence-corrected chi connectivity index (χ2v) is 3.74. The topological polar surface area (TPSA) is 66.5 Å². The summed E-state index contributed by atoms with van der Waals surface area (Å²) in [6, 6.07) is 8.27. The number of aromatic nitrogens is 4. The highest BCUT2D eigenvalue weighted by Gasteiger charge is 2.19. The monoisotopic (exact) mass is 217 g/mol. The minimum atomic E-state index is 0.143. The lowest BCUT2D eigenvalue weighted by Gasteiger charge is -2.15. The van der Waals surface area contributed by atoms with E-state index in [0.717, 1.165) is 12.4 Å². The normalized spacial score (nSPS) is 12.6. The van der Waals surface area contributed by atoms with Gasteiger partial charge < -0.3 is 5.32 Å². The van der Waals surface area contributed by atoms with Gasteiger partial charge in [-0.05, 0) is 25.1 Å². The number of rotatable bonds is 4. The lowest BCUT2D eigenvalue weighted by atomic mass is 9.94. The number of nitrogens with one attached hydrogen (secondary N) is 2. The van der Waals surface area contributed by atoms with Crippen molar-refractivity contribution in [3.63, 3.8) is 0 Å². The van der Waals surface area contributed by atoms with Crippen molar-refractivity contribution in [3.8, 4) is 0 Å². The Labute approximate surface area is 94.3 Å². The van der Waals surface area contributed by atoms with E-state index in [-0.39, 0.29) is 5.92 Å². The SMILES string of the molecule is CNCC(c1nn[nH]n1)c1ccccc1C. The number of aromatic amines is 1. The van der Waals surface area contributed by atoms with Crippen LogP contribution in [0.2, 0.25) is 0 Å². The standard InChI is InChI=1S/C11H15N5/c1-8-5-3-4-6-9(8)10(7-12-2)11-13-15-16-14-11/h3-6,10,12H,7H2,1-2H3,(H,13,14,15,16). The van der Waals surface area contributed by atoms with E-state index >= 15 is 0 Å². The molecule has 2 aromatic rings. The van der Waals surface area contributed by atoms with Gasteiger partial charge in [0.05, 0.1) is 5.92 Å². The molecule has 0 radical (unpaired) electrons. The van der Waals surface area contributed by atoms with Crippen LogP contribution in [0.1, 0.15) is 22.9 Å². The van der Waals surface area contributed by atoms with Gasteiger partial charge in [0.2, 0.25) is 0 Å². The molecule has 0 saturated heterocycles. The molecule has 1 unspecified atom stereocenters. The minimum absolute atomic E-state index is 0.143. The van der Waals surface area contributed by atoms with Crippen LogP contribution in [0, 0.1) is 6.92 Å². The summed E-state index contributed by atoms with van der Waals surface area (Å²) in [5.41, 5.74) is 2.48. The molecular weight excluding hydrogens is 202 g/mol. The number of hydrogen-bond acceptors (Lipinski definition) is 4. The number of benzene rings is 1. The quantitative estimate of drug-likeness (QED) is 0.797. The number of H-pyrrole nitrogens is 1. The molecule has 1 atom stereocenters. The van der Waals surface area contributed by atoms with Gasteiger partial charge in [0, 0.05) is 6.54 Å². The van der Waals surface area contributed by atoms with Gasteiger partial charge in [-0.15, -0.1) is 10.2 Å². The fourth-order valence-electron chi connectivity index (χ4n) is 1.84. The van der Waals surface area contributed by atoms with Gasteiger partial charge in [-0.1, -0.05) is 29.5 Å². The molecule has 84 valence electrons. The van der Waals surface area contributed by atoms with Crippen molar-refractivity contribution in [1.29, 1.82) is 0 Å². The van der Waals surface area contributed by atoms with Crippen molar-refractivity contribution in [3.05, 3.63) is 41.2 Å². The van der Waals surface area contributed by atoms with E-state index in [0.29, 0.717) is 0 Å².